The normalized spacial score (nSPS) is 20.4. The Bertz CT molecular complexity index is 391. The lowest BCUT2D eigenvalue weighted by Gasteiger charge is -2.22. The van der Waals surface area contributed by atoms with E-state index in [9.17, 15) is 0 Å². The van der Waals surface area contributed by atoms with E-state index < -0.39 is 0 Å². The highest BCUT2D eigenvalue weighted by atomic mass is 15.2. The number of hydrogen-bond acceptors (Lipinski definition) is 4. The van der Waals surface area contributed by atoms with Gasteiger partial charge in [-0.05, 0) is 44.1 Å². The average molecular weight is 262 g/mol. The van der Waals surface area contributed by atoms with E-state index in [0.717, 1.165) is 43.2 Å². The van der Waals surface area contributed by atoms with Crippen molar-refractivity contribution in [2.75, 3.05) is 29.9 Å². The van der Waals surface area contributed by atoms with Gasteiger partial charge in [0.2, 0.25) is 5.95 Å². The van der Waals surface area contributed by atoms with Gasteiger partial charge in [0, 0.05) is 25.8 Å². The Morgan fingerprint density at radius 3 is 2.95 bits per heavy atom. The molecule has 0 bridgehead atoms. The molecule has 1 N–H and O–H groups in total. The van der Waals surface area contributed by atoms with Crippen LogP contribution in [0.15, 0.2) is 12.3 Å². The van der Waals surface area contributed by atoms with Gasteiger partial charge in [0.25, 0.3) is 0 Å². The minimum absolute atomic E-state index is 0.740. The van der Waals surface area contributed by atoms with Crippen LogP contribution in [0.5, 0.6) is 0 Å². The monoisotopic (exact) mass is 262 g/mol. The van der Waals surface area contributed by atoms with Crippen molar-refractivity contribution >= 4 is 11.8 Å². The third-order valence-electron chi connectivity index (χ3n) is 4.02. The molecule has 2 rings (SSSR count). The summed E-state index contributed by atoms with van der Waals surface area (Å²) in [6.45, 7) is 9.84. The second kappa shape index (κ2) is 6.73. The van der Waals surface area contributed by atoms with Crippen LogP contribution in [-0.4, -0.2) is 29.6 Å². The molecule has 1 fully saturated rings. The lowest BCUT2D eigenvalue weighted by Crippen LogP contribution is -2.25. The van der Waals surface area contributed by atoms with Crippen LogP contribution in [0.4, 0.5) is 11.8 Å². The Labute approximate surface area is 116 Å². The molecule has 0 saturated carbocycles. The van der Waals surface area contributed by atoms with Gasteiger partial charge >= 0.3 is 0 Å². The van der Waals surface area contributed by atoms with Crippen molar-refractivity contribution in [2.24, 2.45) is 11.8 Å². The van der Waals surface area contributed by atoms with Crippen LogP contribution in [-0.2, 0) is 0 Å². The maximum absolute atomic E-state index is 4.60. The third kappa shape index (κ3) is 3.82. The van der Waals surface area contributed by atoms with Gasteiger partial charge in [-0.2, -0.15) is 4.98 Å². The molecule has 1 aliphatic rings. The average Bonchev–Trinajstić information content (AvgIpc) is 2.65. The van der Waals surface area contributed by atoms with Crippen molar-refractivity contribution in [1.29, 1.82) is 0 Å². The fourth-order valence-electron chi connectivity index (χ4n) is 2.79. The van der Waals surface area contributed by atoms with Gasteiger partial charge in [-0.25, -0.2) is 4.98 Å². The van der Waals surface area contributed by atoms with Gasteiger partial charge in [-0.3, -0.25) is 0 Å². The van der Waals surface area contributed by atoms with E-state index in [2.05, 4.69) is 41.0 Å². The van der Waals surface area contributed by atoms with E-state index in [1.807, 2.05) is 12.3 Å². The van der Waals surface area contributed by atoms with Gasteiger partial charge < -0.3 is 10.2 Å². The minimum Gasteiger partial charge on any atom is -0.356 e. The molecule has 1 saturated heterocycles. The van der Waals surface area contributed by atoms with Crippen LogP contribution >= 0.6 is 0 Å². The summed E-state index contributed by atoms with van der Waals surface area (Å²) < 4.78 is 0. The maximum Gasteiger partial charge on any atom is 0.224 e. The summed E-state index contributed by atoms with van der Waals surface area (Å²) in [4.78, 5) is 11.3. The third-order valence-corrected chi connectivity index (χ3v) is 4.02. The second-order valence-electron chi connectivity index (χ2n) is 5.69. The van der Waals surface area contributed by atoms with Gasteiger partial charge in [0.15, 0.2) is 0 Å². The standard InChI is InChI=1S/C15H26N4/c1-4-16-15-17-9-7-14(18-15)19-10-5-6-13(8-11-19)12(2)3/h7,9,12-13H,4-6,8,10-11H2,1-3H3,(H,16,17,18). The van der Waals surface area contributed by atoms with Gasteiger partial charge in [-0.15, -0.1) is 0 Å². The molecule has 0 spiro atoms. The highest BCUT2D eigenvalue weighted by molar-refractivity contribution is 5.42. The van der Waals surface area contributed by atoms with Crippen LogP contribution in [0.3, 0.4) is 0 Å². The first-order chi connectivity index (χ1) is 9.20. The van der Waals surface area contributed by atoms with Crippen molar-refractivity contribution in [3.63, 3.8) is 0 Å². The topological polar surface area (TPSA) is 41.1 Å². The summed E-state index contributed by atoms with van der Waals surface area (Å²) in [5.41, 5.74) is 0. The maximum atomic E-state index is 4.60. The minimum atomic E-state index is 0.740. The molecule has 1 aliphatic heterocycles. The molecule has 0 aliphatic carbocycles. The summed E-state index contributed by atoms with van der Waals surface area (Å²) in [5, 5.41) is 3.18. The Hall–Kier alpha value is -1.32. The van der Waals surface area contributed by atoms with Crippen LogP contribution in [0.2, 0.25) is 0 Å². The highest BCUT2D eigenvalue weighted by Crippen LogP contribution is 2.26. The van der Waals surface area contributed by atoms with Crippen molar-refractivity contribution in [3.8, 4) is 0 Å². The first kappa shape index (κ1) is 14.1. The van der Waals surface area contributed by atoms with Crippen LogP contribution in [0.25, 0.3) is 0 Å². The molecule has 1 aromatic heterocycles. The van der Waals surface area contributed by atoms with Crippen molar-refractivity contribution in [3.05, 3.63) is 12.3 Å². The van der Waals surface area contributed by atoms with Gasteiger partial charge in [0.05, 0.1) is 0 Å². The SMILES string of the molecule is CCNc1nccc(N2CCCC(C(C)C)CC2)n1. The van der Waals surface area contributed by atoms with E-state index in [-0.39, 0.29) is 0 Å². The van der Waals surface area contributed by atoms with Crippen molar-refractivity contribution in [2.45, 2.75) is 40.0 Å². The highest BCUT2D eigenvalue weighted by Gasteiger charge is 2.20. The molecular weight excluding hydrogens is 236 g/mol. The zero-order chi connectivity index (χ0) is 13.7. The zero-order valence-electron chi connectivity index (χ0n) is 12.4. The Balaban J connectivity index is 2.03. The fraction of sp³-hybridized carbons (Fsp3) is 0.733. The van der Waals surface area contributed by atoms with Crippen LogP contribution in [0, 0.1) is 11.8 Å². The Morgan fingerprint density at radius 2 is 2.21 bits per heavy atom. The predicted molar refractivity (Wildman–Crippen MR) is 80.6 cm³/mol. The molecule has 0 aromatic carbocycles. The van der Waals surface area contributed by atoms with E-state index >= 15 is 0 Å². The lowest BCUT2D eigenvalue weighted by atomic mass is 9.89. The fourth-order valence-corrected chi connectivity index (χ4v) is 2.79. The smallest absolute Gasteiger partial charge is 0.224 e. The summed E-state index contributed by atoms with van der Waals surface area (Å²) in [7, 11) is 0. The van der Waals surface area contributed by atoms with Crippen LogP contribution in [0.1, 0.15) is 40.0 Å². The van der Waals surface area contributed by atoms with Crippen LogP contribution < -0.4 is 10.2 Å². The first-order valence-corrected chi connectivity index (χ1v) is 7.52. The van der Waals surface area contributed by atoms with E-state index in [4.69, 9.17) is 0 Å². The van der Waals surface area contributed by atoms with Crippen molar-refractivity contribution in [1.82, 2.24) is 9.97 Å². The van der Waals surface area contributed by atoms with Gasteiger partial charge in [0.1, 0.15) is 5.82 Å². The molecule has 19 heavy (non-hydrogen) atoms. The predicted octanol–water partition coefficient (Wildman–Crippen LogP) is 3.17. The quantitative estimate of drug-likeness (QED) is 0.905. The zero-order valence-corrected chi connectivity index (χ0v) is 12.4. The summed E-state index contributed by atoms with van der Waals surface area (Å²) in [6.07, 6.45) is 5.74. The molecule has 0 radical (unpaired) electrons. The number of aromatic nitrogens is 2. The first-order valence-electron chi connectivity index (χ1n) is 7.52. The van der Waals surface area contributed by atoms with Crippen molar-refractivity contribution < 1.29 is 0 Å². The Kier molecular flexibility index (Phi) is 5.00. The molecule has 2 heterocycles. The molecule has 1 aromatic rings. The summed E-state index contributed by atoms with van der Waals surface area (Å²) in [5.74, 6) is 3.46. The lowest BCUT2D eigenvalue weighted by molar-refractivity contribution is 0.351. The molecule has 1 unspecified atom stereocenters. The summed E-state index contributed by atoms with van der Waals surface area (Å²) in [6, 6.07) is 2.02. The molecular formula is C15H26N4. The number of rotatable bonds is 4. The summed E-state index contributed by atoms with van der Waals surface area (Å²) >= 11 is 0. The second-order valence-corrected chi connectivity index (χ2v) is 5.69. The molecule has 1 atom stereocenters. The molecule has 4 heteroatoms. The van der Waals surface area contributed by atoms with E-state index in [0.29, 0.717) is 0 Å². The molecule has 4 nitrogen and oxygen atoms in total. The largest absolute Gasteiger partial charge is 0.356 e. The van der Waals surface area contributed by atoms with Gasteiger partial charge in [-0.1, -0.05) is 13.8 Å². The molecule has 0 amide bonds. The number of anilines is 2. The number of hydrogen-bond donors (Lipinski definition) is 1. The number of nitrogens with zero attached hydrogens (tertiary/aromatic N) is 3. The van der Waals surface area contributed by atoms with E-state index in [1.54, 1.807) is 0 Å². The Morgan fingerprint density at radius 1 is 1.37 bits per heavy atom. The number of nitrogens with one attached hydrogen (secondary N) is 1. The molecule has 106 valence electrons. The van der Waals surface area contributed by atoms with E-state index in [1.165, 1.54) is 19.3 Å².